The van der Waals surface area contributed by atoms with Gasteiger partial charge < -0.3 is 19.1 Å². The second-order valence-corrected chi connectivity index (χ2v) is 7.24. The fourth-order valence-electron chi connectivity index (χ4n) is 3.97. The molecule has 4 rings (SSSR count). The Morgan fingerprint density at radius 3 is 2.73 bits per heavy atom. The third-order valence-electron chi connectivity index (χ3n) is 5.46. The van der Waals surface area contributed by atoms with E-state index in [9.17, 15) is 22.8 Å². The number of para-hydroxylation sites is 1. The Bertz CT molecular complexity index is 975. The van der Waals surface area contributed by atoms with Crippen LogP contribution in [0.5, 0.6) is 5.75 Å². The molecule has 1 aromatic heterocycles. The number of methoxy groups -OCH3 is 1. The lowest BCUT2D eigenvalue weighted by atomic mass is 10.1. The molecule has 11 heteroatoms. The Hall–Kier alpha value is -3.11. The maximum absolute atomic E-state index is 13.1. The van der Waals surface area contributed by atoms with Gasteiger partial charge in [0.05, 0.1) is 20.2 Å². The number of fused-ring (bicyclic) bond motifs is 1. The molecule has 30 heavy (non-hydrogen) atoms. The van der Waals surface area contributed by atoms with Crippen molar-refractivity contribution >= 4 is 11.8 Å². The predicted octanol–water partition coefficient (Wildman–Crippen LogP) is 1.84. The van der Waals surface area contributed by atoms with Crippen LogP contribution in [0.1, 0.15) is 30.1 Å². The average molecular weight is 423 g/mol. The number of hydrogen-bond acceptors (Lipinski definition) is 5. The van der Waals surface area contributed by atoms with Crippen molar-refractivity contribution in [2.45, 2.75) is 44.7 Å². The molecule has 1 saturated heterocycles. The summed E-state index contributed by atoms with van der Waals surface area (Å²) in [6.07, 6.45) is -3.99. The van der Waals surface area contributed by atoms with Crippen molar-refractivity contribution in [1.29, 1.82) is 0 Å². The zero-order valence-electron chi connectivity index (χ0n) is 16.2. The minimum absolute atomic E-state index is 0.0455. The van der Waals surface area contributed by atoms with Gasteiger partial charge in [-0.05, 0) is 12.5 Å². The first-order valence-electron chi connectivity index (χ1n) is 9.49. The Morgan fingerprint density at radius 1 is 1.23 bits per heavy atom. The van der Waals surface area contributed by atoms with Gasteiger partial charge in [-0.15, -0.1) is 10.2 Å². The molecule has 8 nitrogen and oxygen atoms in total. The Balaban J connectivity index is 1.51. The van der Waals surface area contributed by atoms with E-state index >= 15 is 0 Å². The number of nitrogens with zero attached hydrogens (tertiary/aromatic N) is 5. The molecule has 1 unspecified atom stereocenters. The van der Waals surface area contributed by atoms with Crippen LogP contribution in [0, 0.1) is 0 Å². The summed E-state index contributed by atoms with van der Waals surface area (Å²) in [4.78, 5) is 28.5. The Kier molecular flexibility index (Phi) is 5.12. The molecular formula is C19H20F3N5O3. The third-order valence-corrected chi connectivity index (χ3v) is 5.46. The number of halogens is 3. The summed E-state index contributed by atoms with van der Waals surface area (Å²) in [5.41, 5.74) is 0.779. The zero-order chi connectivity index (χ0) is 21.5. The van der Waals surface area contributed by atoms with Gasteiger partial charge in [0.2, 0.25) is 17.6 Å². The molecule has 0 spiro atoms. The van der Waals surface area contributed by atoms with Gasteiger partial charge in [-0.2, -0.15) is 13.2 Å². The number of carbonyl (C=O) groups is 2. The largest absolute Gasteiger partial charge is 0.496 e. The summed E-state index contributed by atoms with van der Waals surface area (Å²) in [7, 11) is 1.53. The highest BCUT2D eigenvalue weighted by Gasteiger charge is 2.42. The normalized spacial score (nSPS) is 19.2. The molecule has 160 valence electrons. The van der Waals surface area contributed by atoms with Crippen molar-refractivity contribution in [3.05, 3.63) is 41.5 Å². The summed E-state index contributed by atoms with van der Waals surface area (Å²) in [6.45, 7) is 0.201. The van der Waals surface area contributed by atoms with E-state index in [1.165, 1.54) is 16.9 Å². The molecule has 0 radical (unpaired) electrons. The molecule has 2 aromatic rings. The number of amides is 2. The highest BCUT2D eigenvalue weighted by molar-refractivity contribution is 5.91. The van der Waals surface area contributed by atoms with Crippen molar-refractivity contribution < 1.29 is 27.5 Å². The number of benzene rings is 1. The lowest BCUT2D eigenvalue weighted by Crippen LogP contribution is -2.49. The van der Waals surface area contributed by atoms with E-state index in [0.29, 0.717) is 12.2 Å². The summed E-state index contributed by atoms with van der Waals surface area (Å²) >= 11 is 0. The van der Waals surface area contributed by atoms with Crippen LogP contribution in [0.25, 0.3) is 0 Å². The van der Waals surface area contributed by atoms with Gasteiger partial charge in [0, 0.05) is 25.1 Å². The van der Waals surface area contributed by atoms with E-state index in [4.69, 9.17) is 4.74 Å². The van der Waals surface area contributed by atoms with Crippen molar-refractivity contribution in [3.63, 3.8) is 0 Å². The average Bonchev–Trinajstić information content (AvgIpc) is 3.31. The Morgan fingerprint density at radius 2 is 2.00 bits per heavy atom. The van der Waals surface area contributed by atoms with Crippen LogP contribution in [-0.2, 0) is 35.4 Å². The van der Waals surface area contributed by atoms with E-state index in [0.717, 1.165) is 10.1 Å². The molecular weight excluding hydrogens is 403 g/mol. The van der Waals surface area contributed by atoms with Gasteiger partial charge in [0.1, 0.15) is 11.8 Å². The molecule has 1 fully saturated rings. The van der Waals surface area contributed by atoms with Gasteiger partial charge in [0.15, 0.2) is 5.82 Å². The van der Waals surface area contributed by atoms with Crippen LogP contribution in [0.15, 0.2) is 24.3 Å². The minimum Gasteiger partial charge on any atom is -0.496 e. The standard InChI is InChI=1S/C19H20F3N5O3/c1-30-14-5-3-2-4-12(14)10-27-13(6-7-16(27)28)17(29)25-8-9-26-15(11-25)23-24-18(26)19(20,21)22/h2-5,13H,6-11H2,1H3. The third kappa shape index (κ3) is 3.59. The monoisotopic (exact) mass is 423 g/mol. The van der Waals surface area contributed by atoms with E-state index in [1.54, 1.807) is 6.07 Å². The molecule has 3 heterocycles. The molecule has 0 N–H and O–H groups in total. The zero-order valence-corrected chi connectivity index (χ0v) is 16.2. The highest BCUT2D eigenvalue weighted by Crippen LogP contribution is 2.31. The summed E-state index contributed by atoms with van der Waals surface area (Å²) in [5.74, 6) is -0.785. The van der Waals surface area contributed by atoms with E-state index < -0.39 is 18.0 Å². The summed E-state index contributed by atoms with van der Waals surface area (Å²) < 4.78 is 45.4. The number of rotatable bonds is 4. The topological polar surface area (TPSA) is 80.6 Å². The SMILES string of the molecule is COc1ccccc1CN1C(=O)CCC1C(=O)N1CCn2c(nnc2C(F)(F)F)C1. The van der Waals surface area contributed by atoms with Gasteiger partial charge in [0.25, 0.3) is 0 Å². The van der Waals surface area contributed by atoms with Crippen molar-refractivity contribution in [3.8, 4) is 5.75 Å². The summed E-state index contributed by atoms with van der Waals surface area (Å²) in [6, 6.07) is 6.58. The summed E-state index contributed by atoms with van der Waals surface area (Å²) in [5, 5.41) is 6.84. The molecule has 2 aliphatic heterocycles. The first-order chi connectivity index (χ1) is 14.3. The maximum Gasteiger partial charge on any atom is 0.451 e. The molecule has 0 saturated carbocycles. The molecule has 1 atom stereocenters. The first-order valence-corrected chi connectivity index (χ1v) is 9.49. The maximum atomic E-state index is 13.1. The van der Waals surface area contributed by atoms with Crippen LogP contribution < -0.4 is 4.74 Å². The van der Waals surface area contributed by atoms with E-state index in [2.05, 4.69) is 10.2 Å². The van der Waals surface area contributed by atoms with Crippen LogP contribution in [0.3, 0.4) is 0 Å². The van der Waals surface area contributed by atoms with Crippen LogP contribution >= 0.6 is 0 Å². The van der Waals surface area contributed by atoms with Crippen molar-refractivity contribution in [2.75, 3.05) is 13.7 Å². The van der Waals surface area contributed by atoms with Gasteiger partial charge in [-0.25, -0.2) is 0 Å². The minimum atomic E-state index is -4.60. The first kappa shape index (κ1) is 20.2. The molecule has 1 aromatic carbocycles. The van der Waals surface area contributed by atoms with Crippen molar-refractivity contribution in [1.82, 2.24) is 24.6 Å². The quantitative estimate of drug-likeness (QED) is 0.750. The number of hydrogen-bond donors (Lipinski definition) is 0. The lowest BCUT2D eigenvalue weighted by Gasteiger charge is -2.33. The second kappa shape index (κ2) is 7.62. The number of aromatic nitrogens is 3. The Labute approximate surface area is 170 Å². The van der Waals surface area contributed by atoms with Crippen molar-refractivity contribution in [2.24, 2.45) is 0 Å². The fraction of sp³-hybridized carbons (Fsp3) is 0.474. The van der Waals surface area contributed by atoms with Crippen LogP contribution in [0.2, 0.25) is 0 Å². The van der Waals surface area contributed by atoms with Crippen LogP contribution in [0.4, 0.5) is 13.2 Å². The van der Waals surface area contributed by atoms with E-state index in [-0.39, 0.29) is 50.2 Å². The number of likely N-dealkylation sites (tertiary alicyclic amines) is 1. The number of ether oxygens (including phenoxy) is 1. The second-order valence-electron chi connectivity index (χ2n) is 7.24. The van der Waals surface area contributed by atoms with Gasteiger partial charge in [-0.3, -0.25) is 9.59 Å². The van der Waals surface area contributed by atoms with Gasteiger partial charge >= 0.3 is 6.18 Å². The van der Waals surface area contributed by atoms with Gasteiger partial charge in [-0.1, -0.05) is 18.2 Å². The molecule has 0 aliphatic carbocycles. The van der Waals surface area contributed by atoms with Crippen LogP contribution in [-0.4, -0.2) is 56.1 Å². The smallest absolute Gasteiger partial charge is 0.451 e. The number of carbonyl (C=O) groups excluding carboxylic acids is 2. The van der Waals surface area contributed by atoms with E-state index in [1.807, 2.05) is 18.2 Å². The molecule has 2 aliphatic rings. The lowest BCUT2D eigenvalue weighted by molar-refractivity contribution is -0.149. The molecule has 0 bridgehead atoms. The fourth-order valence-corrected chi connectivity index (χ4v) is 3.97. The number of alkyl halides is 3. The highest BCUT2D eigenvalue weighted by atomic mass is 19.4. The molecule has 2 amide bonds. The predicted molar refractivity (Wildman–Crippen MR) is 97.0 cm³/mol.